The highest BCUT2D eigenvalue weighted by Crippen LogP contribution is 2.41. The molecular weight excluding hydrogens is 761 g/mol. The molecule has 0 saturated carbocycles. The number of carbonyl (C=O) groups is 3. The number of rotatable bonds is 15. The molecule has 0 aromatic heterocycles. The van der Waals surface area contributed by atoms with E-state index in [4.69, 9.17) is 35.9 Å². The van der Waals surface area contributed by atoms with Crippen molar-refractivity contribution in [2.45, 2.75) is 55.5 Å². The van der Waals surface area contributed by atoms with Crippen LogP contribution in [0.4, 0.5) is 5.69 Å². The van der Waals surface area contributed by atoms with Gasteiger partial charge in [0.1, 0.15) is 36.8 Å². The van der Waals surface area contributed by atoms with Crippen LogP contribution < -0.4 is 9.64 Å². The zero-order valence-electron chi connectivity index (χ0n) is 30.6. The van der Waals surface area contributed by atoms with Crippen LogP contribution in [0.3, 0.4) is 0 Å². The molecular formula is C41H42N2O13S. The smallest absolute Gasteiger partial charge is 0.338 e. The lowest BCUT2D eigenvalue weighted by atomic mass is 9.96. The number of thiocarbonyl (C=S) groups is 1. The van der Waals surface area contributed by atoms with Crippen molar-refractivity contribution in [2.24, 2.45) is 0 Å². The topological polar surface area (TPSA) is 205 Å². The summed E-state index contributed by atoms with van der Waals surface area (Å²) in [4.78, 5) is 43.0. The second-order valence-electron chi connectivity index (χ2n) is 13.2. The SMILES string of the molecule is CCOc1ccc(N2CC(O)([C@@H](O)[C@H](O)[C@H](O)CO)N([C@@H]3O[C@H](COC(=O)c4ccccc4)[C@@H](OC(=O)c4ccccc4)[C@H]3OC(=O)c3ccccc3)C2=S)cc1. The van der Waals surface area contributed by atoms with Crippen LogP contribution in [0, 0.1) is 0 Å². The maximum atomic E-state index is 13.8. The maximum absolute atomic E-state index is 13.8. The number of nitrogens with zero attached hydrogens (tertiary/aromatic N) is 2. The molecule has 6 rings (SSSR count). The van der Waals surface area contributed by atoms with Gasteiger partial charge in [-0.1, -0.05) is 54.6 Å². The van der Waals surface area contributed by atoms with E-state index in [0.29, 0.717) is 18.0 Å². The van der Waals surface area contributed by atoms with E-state index < -0.39 is 86.2 Å². The summed E-state index contributed by atoms with van der Waals surface area (Å²) in [5, 5.41) is 55.0. The Labute approximate surface area is 333 Å². The van der Waals surface area contributed by atoms with E-state index in [-0.39, 0.29) is 21.8 Å². The Morgan fingerprint density at radius 3 is 1.81 bits per heavy atom. The minimum absolute atomic E-state index is 0.0974. The standard InChI is InChI=1S/C41H42N2O13S/c1-2-52-29-20-18-28(19-21-29)42-24-41(51,35(47)32(46)30(45)22-44)43(40(42)57)36-34(56-39(50)27-16-10-5-11-17-27)33(55-38(49)26-14-8-4-9-15-26)31(54-36)23-53-37(48)25-12-6-3-7-13-25/h3-21,30-36,44-47,51H,2,22-24H2,1H3/t30-,31-,32-,33-,34-,35+,36-,41?/m1/s1. The van der Waals surface area contributed by atoms with Gasteiger partial charge in [0.15, 0.2) is 29.3 Å². The van der Waals surface area contributed by atoms with Crippen LogP contribution >= 0.6 is 12.2 Å². The molecule has 2 aliphatic heterocycles. The van der Waals surface area contributed by atoms with Crippen molar-refractivity contribution >= 4 is 40.9 Å². The average molecular weight is 803 g/mol. The van der Waals surface area contributed by atoms with Crippen LogP contribution in [-0.4, -0.2) is 128 Å². The Balaban J connectivity index is 1.45. The molecule has 0 radical (unpaired) electrons. The molecule has 2 saturated heterocycles. The summed E-state index contributed by atoms with van der Waals surface area (Å²) in [5.41, 5.74) is -1.83. The third-order valence-corrected chi connectivity index (χ3v) is 9.93. The van der Waals surface area contributed by atoms with Crippen molar-refractivity contribution in [1.82, 2.24) is 4.90 Å². The molecule has 8 atom stereocenters. The molecule has 16 heteroatoms. The van der Waals surface area contributed by atoms with Crippen molar-refractivity contribution in [1.29, 1.82) is 0 Å². The first-order valence-electron chi connectivity index (χ1n) is 18.1. The van der Waals surface area contributed by atoms with E-state index in [1.807, 2.05) is 6.92 Å². The molecule has 2 heterocycles. The molecule has 15 nitrogen and oxygen atoms in total. The number of esters is 3. The van der Waals surface area contributed by atoms with Gasteiger partial charge in [0, 0.05) is 5.69 Å². The molecule has 0 amide bonds. The molecule has 0 spiro atoms. The number of anilines is 1. The summed E-state index contributed by atoms with van der Waals surface area (Å²) in [6, 6.07) is 30.4. The third kappa shape index (κ3) is 8.92. The number of ether oxygens (including phenoxy) is 5. The fourth-order valence-electron chi connectivity index (χ4n) is 6.59. The summed E-state index contributed by atoms with van der Waals surface area (Å²) in [6.45, 7) is 0.110. The van der Waals surface area contributed by atoms with Crippen LogP contribution in [0.5, 0.6) is 5.75 Å². The first kappa shape index (κ1) is 41.2. The molecule has 5 N–H and O–H groups in total. The number of β-amino-alcohol motifs (C(OH)–C–C–N with tert-alkyl or cyclic N) is 1. The molecule has 57 heavy (non-hydrogen) atoms. The number of hydrogen-bond acceptors (Lipinski definition) is 14. The van der Waals surface area contributed by atoms with Gasteiger partial charge in [-0.05, 0) is 79.8 Å². The third-order valence-electron chi connectivity index (χ3n) is 9.52. The van der Waals surface area contributed by atoms with Crippen molar-refractivity contribution in [3.63, 3.8) is 0 Å². The second-order valence-corrected chi connectivity index (χ2v) is 13.6. The van der Waals surface area contributed by atoms with Gasteiger partial charge in [0.2, 0.25) is 0 Å². The molecule has 300 valence electrons. The number of aliphatic hydroxyl groups excluding tert-OH is 4. The highest BCUT2D eigenvalue weighted by atomic mass is 32.1. The monoisotopic (exact) mass is 802 g/mol. The summed E-state index contributed by atoms with van der Waals surface area (Å²) >= 11 is 5.93. The lowest BCUT2D eigenvalue weighted by Gasteiger charge is -2.42. The molecule has 1 unspecified atom stereocenters. The van der Waals surface area contributed by atoms with Crippen LogP contribution in [0.2, 0.25) is 0 Å². The Kier molecular flexibility index (Phi) is 13.2. The average Bonchev–Trinajstić information content (AvgIpc) is 3.71. The largest absolute Gasteiger partial charge is 0.494 e. The molecule has 4 aromatic rings. The summed E-state index contributed by atoms with van der Waals surface area (Å²) in [7, 11) is 0. The fraction of sp³-hybridized carbons (Fsp3) is 0.317. The van der Waals surface area contributed by atoms with Gasteiger partial charge in [-0.3, -0.25) is 4.90 Å². The number of carbonyl (C=O) groups excluding carboxylic acids is 3. The Morgan fingerprint density at radius 1 is 0.789 bits per heavy atom. The summed E-state index contributed by atoms with van der Waals surface area (Å²) in [6.07, 6.45) is -12.6. The highest BCUT2D eigenvalue weighted by molar-refractivity contribution is 7.80. The zero-order valence-corrected chi connectivity index (χ0v) is 31.5. The van der Waals surface area contributed by atoms with Gasteiger partial charge in [-0.15, -0.1) is 0 Å². The Hall–Kier alpha value is -5.46. The van der Waals surface area contributed by atoms with Crippen LogP contribution in [-0.2, 0) is 18.9 Å². The Morgan fingerprint density at radius 2 is 1.30 bits per heavy atom. The minimum Gasteiger partial charge on any atom is -0.494 e. The van der Waals surface area contributed by atoms with Crippen molar-refractivity contribution in [3.8, 4) is 5.75 Å². The van der Waals surface area contributed by atoms with Gasteiger partial charge in [-0.2, -0.15) is 0 Å². The highest BCUT2D eigenvalue weighted by Gasteiger charge is 2.63. The number of benzene rings is 4. The van der Waals surface area contributed by atoms with Crippen LogP contribution in [0.1, 0.15) is 38.0 Å². The van der Waals surface area contributed by atoms with Gasteiger partial charge in [0.25, 0.3) is 0 Å². The molecule has 0 bridgehead atoms. The normalized spacial score (nSPS) is 23.4. The van der Waals surface area contributed by atoms with Gasteiger partial charge < -0.3 is 54.1 Å². The van der Waals surface area contributed by atoms with E-state index in [1.54, 1.807) is 78.9 Å². The minimum atomic E-state index is -2.66. The van der Waals surface area contributed by atoms with Crippen LogP contribution in [0.15, 0.2) is 115 Å². The van der Waals surface area contributed by atoms with Crippen molar-refractivity contribution < 1.29 is 63.6 Å². The van der Waals surface area contributed by atoms with E-state index in [1.165, 1.54) is 41.3 Å². The maximum Gasteiger partial charge on any atom is 0.338 e. The summed E-state index contributed by atoms with van der Waals surface area (Å²) in [5.74, 6) is -1.98. The lowest BCUT2D eigenvalue weighted by molar-refractivity contribution is -0.228. The van der Waals surface area contributed by atoms with E-state index in [9.17, 15) is 39.9 Å². The van der Waals surface area contributed by atoms with Crippen LogP contribution in [0.25, 0.3) is 0 Å². The molecule has 2 fully saturated rings. The van der Waals surface area contributed by atoms with Crippen molar-refractivity contribution in [2.75, 3.05) is 31.3 Å². The van der Waals surface area contributed by atoms with Crippen molar-refractivity contribution in [3.05, 3.63) is 132 Å². The second kappa shape index (κ2) is 18.2. The zero-order chi connectivity index (χ0) is 40.7. The lowest BCUT2D eigenvalue weighted by Crippen LogP contribution is -2.66. The van der Waals surface area contributed by atoms with E-state index in [2.05, 4.69) is 0 Å². The predicted molar refractivity (Wildman–Crippen MR) is 206 cm³/mol. The Bertz CT molecular complexity index is 1990. The number of hydrogen-bond donors (Lipinski definition) is 5. The first-order chi connectivity index (χ1) is 27.5. The molecule has 2 aliphatic rings. The van der Waals surface area contributed by atoms with E-state index >= 15 is 0 Å². The van der Waals surface area contributed by atoms with Gasteiger partial charge in [0.05, 0.1) is 36.4 Å². The molecule has 4 aromatic carbocycles. The fourth-order valence-corrected chi connectivity index (χ4v) is 7.02. The first-order valence-corrected chi connectivity index (χ1v) is 18.5. The quantitative estimate of drug-likeness (QED) is 0.0665. The summed E-state index contributed by atoms with van der Waals surface area (Å²) < 4.78 is 29.7. The predicted octanol–water partition coefficient (Wildman–Crippen LogP) is 2.29. The molecule has 0 aliphatic carbocycles. The van der Waals surface area contributed by atoms with Gasteiger partial charge in [-0.25, -0.2) is 14.4 Å². The van der Waals surface area contributed by atoms with E-state index in [0.717, 1.165) is 4.90 Å². The van der Waals surface area contributed by atoms with Gasteiger partial charge >= 0.3 is 17.9 Å². The number of aliphatic hydroxyl groups is 5.